The van der Waals surface area contributed by atoms with E-state index in [1.165, 1.54) is 11.6 Å². The number of imidazole rings is 1. The molecular formula is C11H11BrN6O2. The summed E-state index contributed by atoms with van der Waals surface area (Å²) in [7, 11) is 3.05. The van der Waals surface area contributed by atoms with Gasteiger partial charge in [-0.1, -0.05) is 0 Å². The number of fused-ring (bicyclic) bond motifs is 1. The lowest BCUT2D eigenvalue weighted by Crippen LogP contribution is -2.37. The molecule has 0 bridgehead atoms. The van der Waals surface area contributed by atoms with Crippen LogP contribution in [0.1, 0.15) is 5.56 Å². The van der Waals surface area contributed by atoms with Crippen LogP contribution in [-0.4, -0.2) is 28.9 Å². The van der Waals surface area contributed by atoms with Gasteiger partial charge in [0.25, 0.3) is 5.56 Å². The highest BCUT2D eigenvalue weighted by Gasteiger charge is 2.17. The fraction of sp³-hybridized carbons (Fsp3) is 0.273. The Morgan fingerprint density at radius 3 is 2.70 bits per heavy atom. The molecule has 1 N–H and O–H groups in total. The monoisotopic (exact) mass is 338 g/mol. The molecular weight excluding hydrogens is 328 g/mol. The number of halogens is 1. The first-order valence-corrected chi connectivity index (χ1v) is 6.59. The smallest absolute Gasteiger partial charge is 0.300 e. The topological polar surface area (TPSA) is 90.5 Å². The summed E-state index contributed by atoms with van der Waals surface area (Å²) in [6.45, 7) is 0.452. The summed E-state index contributed by atoms with van der Waals surface area (Å²) in [4.78, 5) is 28.3. The van der Waals surface area contributed by atoms with E-state index >= 15 is 0 Å². The van der Waals surface area contributed by atoms with Crippen molar-refractivity contribution in [3.63, 3.8) is 0 Å². The number of nitrogens with one attached hydrogen (secondary N) is 1. The average Bonchev–Trinajstić information content (AvgIpc) is 3.04. The molecule has 0 aliphatic rings. The minimum atomic E-state index is -0.408. The number of aromatic nitrogens is 6. The van der Waals surface area contributed by atoms with E-state index in [-0.39, 0.29) is 11.2 Å². The minimum absolute atomic E-state index is 0.255. The van der Waals surface area contributed by atoms with Crippen LogP contribution in [0.5, 0.6) is 0 Å². The van der Waals surface area contributed by atoms with Crippen LogP contribution in [0.25, 0.3) is 11.2 Å². The molecule has 104 valence electrons. The molecule has 0 aliphatic carbocycles. The summed E-state index contributed by atoms with van der Waals surface area (Å²) < 4.78 is 4.70. The Hall–Kier alpha value is -2.16. The van der Waals surface area contributed by atoms with Crippen molar-refractivity contribution in [1.82, 2.24) is 28.9 Å². The van der Waals surface area contributed by atoms with Gasteiger partial charge in [0.15, 0.2) is 15.9 Å². The molecule has 0 amide bonds. The van der Waals surface area contributed by atoms with Crippen LogP contribution in [0, 0.1) is 0 Å². The Morgan fingerprint density at radius 1 is 1.30 bits per heavy atom. The van der Waals surface area contributed by atoms with Gasteiger partial charge in [-0.15, -0.1) is 0 Å². The van der Waals surface area contributed by atoms with Gasteiger partial charge in [-0.25, -0.2) is 9.78 Å². The molecule has 0 aromatic carbocycles. The van der Waals surface area contributed by atoms with Crippen LogP contribution in [0.2, 0.25) is 0 Å². The summed E-state index contributed by atoms with van der Waals surface area (Å²) in [5.74, 6) is 0. The van der Waals surface area contributed by atoms with Crippen LogP contribution < -0.4 is 11.2 Å². The van der Waals surface area contributed by atoms with Crippen molar-refractivity contribution in [2.75, 3.05) is 0 Å². The van der Waals surface area contributed by atoms with E-state index in [2.05, 4.69) is 31.1 Å². The van der Waals surface area contributed by atoms with Gasteiger partial charge in [-0.3, -0.25) is 23.6 Å². The van der Waals surface area contributed by atoms with Crippen molar-refractivity contribution in [1.29, 1.82) is 0 Å². The summed E-state index contributed by atoms with van der Waals surface area (Å²) in [5.41, 5.74) is 0.854. The Labute approximate surface area is 120 Å². The van der Waals surface area contributed by atoms with Crippen LogP contribution in [0.3, 0.4) is 0 Å². The molecule has 0 fully saturated rings. The number of hydrogen-bond donors (Lipinski definition) is 1. The van der Waals surface area contributed by atoms with E-state index in [9.17, 15) is 9.59 Å². The van der Waals surface area contributed by atoms with Gasteiger partial charge in [0, 0.05) is 25.9 Å². The van der Waals surface area contributed by atoms with Gasteiger partial charge in [0.1, 0.15) is 0 Å². The average molecular weight is 339 g/mol. The molecule has 0 spiro atoms. The fourth-order valence-corrected chi connectivity index (χ4v) is 2.62. The Kier molecular flexibility index (Phi) is 2.85. The number of rotatable bonds is 2. The molecule has 3 aromatic heterocycles. The maximum atomic E-state index is 12.1. The zero-order valence-corrected chi connectivity index (χ0v) is 12.4. The number of hydrogen-bond acceptors (Lipinski definition) is 4. The third-order valence-electron chi connectivity index (χ3n) is 3.19. The molecule has 0 atom stereocenters. The fourth-order valence-electron chi connectivity index (χ4n) is 2.15. The lowest BCUT2D eigenvalue weighted by molar-refractivity contribution is 0.685. The van der Waals surface area contributed by atoms with Gasteiger partial charge in [0.05, 0.1) is 12.7 Å². The molecule has 3 rings (SSSR count). The second-order valence-electron chi connectivity index (χ2n) is 4.45. The van der Waals surface area contributed by atoms with Gasteiger partial charge in [-0.2, -0.15) is 5.10 Å². The molecule has 0 saturated carbocycles. The van der Waals surface area contributed by atoms with Crippen molar-refractivity contribution in [3.8, 4) is 0 Å². The normalized spacial score (nSPS) is 11.3. The first-order chi connectivity index (χ1) is 9.50. The van der Waals surface area contributed by atoms with E-state index in [4.69, 9.17) is 0 Å². The maximum Gasteiger partial charge on any atom is 0.332 e. The highest BCUT2D eigenvalue weighted by atomic mass is 79.9. The van der Waals surface area contributed by atoms with Crippen molar-refractivity contribution in [2.45, 2.75) is 6.54 Å². The molecule has 3 heterocycles. The predicted molar refractivity (Wildman–Crippen MR) is 75.6 cm³/mol. The van der Waals surface area contributed by atoms with Crippen molar-refractivity contribution in [3.05, 3.63) is 43.5 Å². The standard InChI is InChI=1S/C11H11BrN6O2/c1-16-8-7(9(19)17(2)11(16)20)15-10(12)18(8)5-6-3-13-14-4-6/h3-4H,5H2,1-2H3,(H,13,14). The molecule has 8 nitrogen and oxygen atoms in total. The van der Waals surface area contributed by atoms with Crippen molar-refractivity contribution in [2.24, 2.45) is 14.1 Å². The number of H-pyrrole nitrogens is 1. The molecule has 9 heteroatoms. The van der Waals surface area contributed by atoms with E-state index < -0.39 is 5.56 Å². The van der Waals surface area contributed by atoms with E-state index in [0.29, 0.717) is 16.9 Å². The number of nitrogens with zero attached hydrogens (tertiary/aromatic N) is 5. The second kappa shape index (κ2) is 4.44. The summed E-state index contributed by atoms with van der Waals surface area (Å²) in [6.07, 6.45) is 3.43. The molecule has 0 radical (unpaired) electrons. The second-order valence-corrected chi connectivity index (χ2v) is 5.16. The van der Waals surface area contributed by atoms with E-state index in [1.54, 1.807) is 24.0 Å². The third-order valence-corrected chi connectivity index (χ3v) is 3.79. The number of aromatic amines is 1. The summed E-state index contributed by atoms with van der Waals surface area (Å²) >= 11 is 3.33. The molecule has 20 heavy (non-hydrogen) atoms. The van der Waals surface area contributed by atoms with Gasteiger partial charge >= 0.3 is 5.69 Å². The Balaban J connectivity index is 2.36. The molecule has 0 saturated heterocycles. The highest BCUT2D eigenvalue weighted by molar-refractivity contribution is 9.10. The zero-order valence-electron chi connectivity index (χ0n) is 10.8. The largest absolute Gasteiger partial charge is 0.332 e. The Bertz CT molecular complexity index is 902. The lowest BCUT2D eigenvalue weighted by atomic mass is 10.3. The van der Waals surface area contributed by atoms with Crippen LogP contribution >= 0.6 is 15.9 Å². The quantitative estimate of drug-likeness (QED) is 0.664. The van der Waals surface area contributed by atoms with Gasteiger partial charge in [0.2, 0.25) is 0 Å². The number of aryl methyl sites for hydroxylation is 1. The third kappa shape index (κ3) is 1.73. The summed E-state index contributed by atoms with van der Waals surface area (Å²) in [6, 6.07) is 0. The van der Waals surface area contributed by atoms with Crippen LogP contribution in [0.4, 0.5) is 0 Å². The highest BCUT2D eigenvalue weighted by Crippen LogP contribution is 2.17. The van der Waals surface area contributed by atoms with Crippen LogP contribution in [-0.2, 0) is 20.6 Å². The first-order valence-electron chi connectivity index (χ1n) is 5.80. The SMILES string of the molecule is Cn1c(=O)c2nc(Br)n(Cc3cn[nH]c3)c2n(C)c1=O. The zero-order chi connectivity index (χ0) is 14.4. The van der Waals surface area contributed by atoms with Gasteiger partial charge < -0.3 is 0 Å². The first kappa shape index (κ1) is 12.9. The van der Waals surface area contributed by atoms with Gasteiger partial charge in [-0.05, 0) is 15.9 Å². The summed E-state index contributed by atoms with van der Waals surface area (Å²) in [5, 5.41) is 6.60. The van der Waals surface area contributed by atoms with Crippen molar-refractivity contribution < 1.29 is 0 Å². The maximum absolute atomic E-state index is 12.1. The minimum Gasteiger partial charge on any atom is -0.300 e. The molecule has 3 aromatic rings. The molecule has 0 unspecified atom stereocenters. The lowest BCUT2D eigenvalue weighted by Gasteiger charge is -2.08. The predicted octanol–water partition coefficient (Wildman–Crippen LogP) is -0.0324. The van der Waals surface area contributed by atoms with E-state index in [1.807, 2.05) is 0 Å². The Morgan fingerprint density at radius 2 is 2.05 bits per heavy atom. The van der Waals surface area contributed by atoms with Crippen LogP contribution in [0.15, 0.2) is 26.7 Å². The van der Waals surface area contributed by atoms with Crippen molar-refractivity contribution >= 4 is 27.1 Å². The molecule has 0 aliphatic heterocycles. The van der Waals surface area contributed by atoms with E-state index in [0.717, 1.165) is 10.1 Å².